The molecule has 1 fully saturated rings. The standard InChI is InChI=1S/C11H18ClN3O3/c12-6-5-10(17)14-11(18)15(7-9(13)16)8-3-1-2-4-8/h8H,1-7H2,(H2,13,16)(H,14,17,18). The number of carbonyl (C=O) groups excluding carboxylic acids is 3. The van der Waals surface area contributed by atoms with Crippen LogP contribution in [0.3, 0.4) is 0 Å². The Hall–Kier alpha value is -1.30. The van der Waals surface area contributed by atoms with Crippen molar-refractivity contribution in [2.45, 2.75) is 38.1 Å². The zero-order valence-corrected chi connectivity index (χ0v) is 10.9. The van der Waals surface area contributed by atoms with E-state index < -0.39 is 17.8 Å². The monoisotopic (exact) mass is 275 g/mol. The number of nitrogens with zero attached hydrogens (tertiary/aromatic N) is 1. The van der Waals surface area contributed by atoms with E-state index in [-0.39, 0.29) is 24.9 Å². The van der Waals surface area contributed by atoms with Crippen LogP contribution >= 0.6 is 11.6 Å². The molecule has 0 aromatic rings. The number of halogens is 1. The molecule has 0 aromatic heterocycles. The van der Waals surface area contributed by atoms with Gasteiger partial charge in [-0.2, -0.15) is 0 Å². The highest BCUT2D eigenvalue weighted by Gasteiger charge is 2.28. The highest BCUT2D eigenvalue weighted by Crippen LogP contribution is 2.23. The number of carbonyl (C=O) groups is 3. The van der Waals surface area contributed by atoms with Crippen molar-refractivity contribution in [3.8, 4) is 0 Å². The third-order valence-corrected chi connectivity index (χ3v) is 3.11. The highest BCUT2D eigenvalue weighted by molar-refractivity contribution is 6.19. The van der Waals surface area contributed by atoms with E-state index in [0.29, 0.717) is 0 Å². The Morgan fingerprint density at radius 1 is 1.28 bits per heavy atom. The molecule has 6 nitrogen and oxygen atoms in total. The summed E-state index contributed by atoms with van der Waals surface area (Å²) in [6, 6.07) is -0.572. The second-order valence-electron chi connectivity index (χ2n) is 4.32. The number of amides is 4. The lowest BCUT2D eigenvalue weighted by atomic mass is 10.2. The minimum absolute atomic E-state index is 0.0127. The zero-order chi connectivity index (χ0) is 13.5. The topological polar surface area (TPSA) is 92.5 Å². The molecular weight excluding hydrogens is 258 g/mol. The molecule has 1 rings (SSSR count). The molecule has 0 atom stereocenters. The van der Waals surface area contributed by atoms with Gasteiger partial charge in [0, 0.05) is 18.3 Å². The van der Waals surface area contributed by atoms with Crippen LogP contribution in [0.5, 0.6) is 0 Å². The van der Waals surface area contributed by atoms with Crippen LogP contribution in [-0.4, -0.2) is 41.2 Å². The third kappa shape index (κ3) is 4.52. The number of primary amides is 1. The van der Waals surface area contributed by atoms with Crippen molar-refractivity contribution >= 4 is 29.4 Å². The first-order chi connectivity index (χ1) is 8.54. The van der Waals surface area contributed by atoms with E-state index in [9.17, 15) is 14.4 Å². The lowest BCUT2D eigenvalue weighted by Gasteiger charge is -2.27. The van der Waals surface area contributed by atoms with Crippen molar-refractivity contribution in [2.75, 3.05) is 12.4 Å². The Bertz CT molecular complexity index is 329. The van der Waals surface area contributed by atoms with Gasteiger partial charge in [-0.05, 0) is 12.8 Å². The summed E-state index contributed by atoms with van der Waals surface area (Å²) >= 11 is 5.41. The summed E-state index contributed by atoms with van der Waals surface area (Å²) in [5.74, 6) is -0.873. The van der Waals surface area contributed by atoms with Crippen LogP contribution in [0.1, 0.15) is 32.1 Å². The Morgan fingerprint density at radius 2 is 1.89 bits per heavy atom. The average Bonchev–Trinajstić information content (AvgIpc) is 2.78. The molecule has 0 spiro atoms. The number of hydrogen-bond donors (Lipinski definition) is 2. The number of alkyl halides is 1. The molecule has 1 aliphatic rings. The van der Waals surface area contributed by atoms with Crippen LogP contribution in [0.2, 0.25) is 0 Å². The maximum absolute atomic E-state index is 11.9. The van der Waals surface area contributed by atoms with Gasteiger partial charge in [0.1, 0.15) is 6.54 Å². The summed E-state index contributed by atoms with van der Waals surface area (Å²) in [6.45, 7) is -0.162. The van der Waals surface area contributed by atoms with Gasteiger partial charge in [-0.1, -0.05) is 12.8 Å². The molecule has 3 N–H and O–H groups in total. The highest BCUT2D eigenvalue weighted by atomic mass is 35.5. The van der Waals surface area contributed by atoms with Crippen LogP contribution in [0.25, 0.3) is 0 Å². The fourth-order valence-electron chi connectivity index (χ4n) is 2.09. The van der Waals surface area contributed by atoms with Crippen molar-refractivity contribution < 1.29 is 14.4 Å². The molecule has 0 heterocycles. The molecule has 7 heteroatoms. The smallest absolute Gasteiger partial charge is 0.324 e. The number of nitrogens with two attached hydrogens (primary N) is 1. The summed E-state index contributed by atoms with van der Waals surface area (Å²) < 4.78 is 0. The Kier molecular flexibility index (Phi) is 5.91. The minimum atomic E-state index is -0.582. The molecule has 4 amide bonds. The summed E-state index contributed by atoms with van der Waals surface area (Å²) in [7, 11) is 0. The molecular formula is C11H18ClN3O3. The van der Waals surface area contributed by atoms with E-state index in [1.807, 2.05) is 0 Å². The van der Waals surface area contributed by atoms with Crippen molar-refractivity contribution in [3.63, 3.8) is 0 Å². The Morgan fingerprint density at radius 3 is 2.39 bits per heavy atom. The van der Waals surface area contributed by atoms with E-state index in [0.717, 1.165) is 25.7 Å². The summed E-state index contributed by atoms with van der Waals surface area (Å²) in [5.41, 5.74) is 5.12. The fraction of sp³-hybridized carbons (Fsp3) is 0.727. The summed E-state index contributed by atoms with van der Waals surface area (Å²) in [4.78, 5) is 35.5. The van der Waals surface area contributed by atoms with Gasteiger partial charge in [-0.15, -0.1) is 11.6 Å². The first-order valence-corrected chi connectivity index (χ1v) is 6.52. The van der Waals surface area contributed by atoms with Crippen molar-refractivity contribution in [2.24, 2.45) is 5.73 Å². The van der Waals surface area contributed by atoms with Gasteiger partial charge in [-0.3, -0.25) is 14.9 Å². The van der Waals surface area contributed by atoms with E-state index in [2.05, 4.69) is 5.32 Å². The largest absolute Gasteiger partial charge is 0.368 e. The number of rotatable bonds is 5. The van der Waals surface area contributed by atoms with Crippen molar-refractivity contribution in [1.29, 1.82) is 0 Å². The van der Waals surface area contributed by atoms with Crippen molar-refractivity contribution in [3.05, 3.63) is 0 Å². The Balaban J connectivity index is 2.60. The number of imide groups is 1. The SMILES string of the molecule is NC(=O)CN(C(=O)NC(=O)CCCl)C1CCCC1. The van der Waals surface area contributed by atoms with Gasteiger partial charge in [0.2, 0.25) is 11.8 Å². The zero-order valence-electron chi connectivity index (χ0n) is 10.2. The van der Waals surface area contributed by atoms with Gasteiger partial charge in [0.25, 0.3) is 0 Å². The van der Waals surface area contributed by atoms with Gasteiger partial charge in [-0.25, -0.2) is 4.79 Å². The van der Waals surface area contributed by atoms with Crippen molar-refractivity contribution in [1.82, 2.24) is 10.2 Å². The second-order valence-corrected chi connectivity index (χ2v) is 4.70. The molecule has 18 heavy (non-hydrogen) atoms. The lowest BCUT2D eigenvalue weighted by Crippen LogP contribution is -2.50. The number of nitrogens with one attached hydrogen (secondary N) is 1. The van der Waals surface area contributed by atoms with Gasteiger partial charge < -0.3 is 10.6 Å². The number of hydrogen-bond acceptors (Lipinski definition) is 3. The van der Waals surface area contributed by atoms with Gasteiger partial charge in [0.05, 0.1) is 0 Å². The van der Waals surface area contributed by atoms with Crippen LogP contribution < -0.4 is 11.1 Å². The van der Waals surface area contributed by atoms with Gasteiger partial charge >= 0.3 is 6.03 Å². The predicted octanol–water partition coefficient (Wildman–Crippen LogP) is 0.581. The molecule has 0 unspecified atom stereocenters. The molecule has 0 saturated heterocycles. The van der Waals surface area contributed by atoms with E-state index in [1.165, 1.54) is 4.90 Å². The van der Waals surface area contributed by atoms with Crippen LogP contribution in [-0.2, 0) is 9.59 Å². The molecule has 0 radical (unpaired) electrons. The van der Waals surface area contributed by atoms with E-state index in [4.69, 9.17) is 17.3 Å². The third-order valence-electron chi connectivity index (χ3n) is 2.92. The van der Waals surface area contributed by atoms with Gasteiger partial charge in [0.15, 0.2) is 0 Å². The molecule has 1 saturated carbocycles. The second kappa shape index (κ2) is 7.20. The minimum Gasteiger partial charge on any atom is -0.368 e. The first kappa shape index (κ1) is 14.8. The number of urea groups is 1. The van der Waals surface area contributed by atoms with E-state index in [1.54, 1.807) is 0 Å². The first-order valence-electron chi connectivity index (χ1n) is 5.99. The molecule has 1 aliphatic carbocycles. The molecule has 0 aliphatic heterocycles. The molecule has 102 valence electrons. The average molecular weight is 276 g/mol. The lowest BCUT2D eigenvalue weighted by molar-refractivity contribution is -0.121. The normalized spacial score (nSPS) is 15.4. The fourth-order valence-corrected chi connectivity index (χ4v) is 2.26. The van der Waals surface area contributed by atoms with E-state index >= 15 is 0 Å². The van der Waals surface area contributed by atoms with Crippen LogP contribution in [0.15, 0.2) is 0 Å². The summed E-state index contributed by atoms with van der Waals surface area (Å²) in [5, 5.41) is 2.22. The molecule has 0 bridgehead atoms. The maximum Gasteiger partial charge on any atom is 0.324 e. The predicted molar refractivity (Wildman–Crippen MR) is 67.0 cm³/mol. The summed E-state index contributed by atoms with van der Waals surface area (Å²) in [6.07, 6.45) is 3.78. The quantitative estimate of drug-likeness (QED) is 0.719. The molecule has 0 aromatic carbocycles. The Labute approximate surface area is 111 Å². The maximum atomic E-state index is 11.9. The van der Waals surface area contributed by atoms with Crippen LogP contribution in [0.4, 0.5) is 4.79 Å². The van der Waals surface area contributed by atoms with Crippen LogP contribution in [0, 0.1) is 0 Å².